The fourth-order valence-corrected chi connectivity index (χ4v) is 2.09. The van der Waals surface area contributed by atoms with E-state index >= 15 is 0 Å². The number of aryl methyl sites for hydroxylation is 1. The highest BCUT2D eigenvalue weighted by molar-refractivity contribution is 5.73. The van der Waals surface area contributed by atoms with E-state index in [0.717, 1.165) is 28.0 Å². The molecule has 0 spiro atoms. The molecule has 0 aliphatic rings. The number of fused-ring (bicyclic) bond motifs is 1. The summed E-state index contributed by atoms with van der Waals surface area (Å²) >= 11 is 0. The van der Waals surface area contributed by atoms with E-state index in [1.54, 1.807) is 12.3 Å². The Morgan fingerprint density at radius 3 is 2.70 bits per heavy atom. The molecule has 1 aromatic heterocycles. The predicted octanol–water partition coefficient (Wildman–Crippen LogP) is 3.69. The largest absolute Gasteiger partial charge is 0.379 e. The summed E-state index contributed by atoms with van der Waals surface area (Å²) in [6, 6.07) is 12.4. The van der Waals surface area contributed by atoms with E-state index in [9.17, 15) is 4.39 Å². The molecule has 1 heterocycles. The summed E-state index contributed by atoms with van der Waals surface area (Å²) in [4.78, 5) is 8.91. The van der Waals surface area contributed by atoms with Crippen molar-refractivity contribution in [1.29, 1.82) is 0 Å². The number of anilines is 1. The van der Waals surface area contributed by atoms with Crippen LogP contribution >= 0.6 is 0 Å². The number of aromatic nitrogens is 2. The van der Waals surface area contributed by atoms with Gasteiger partial charge in [-0.1, -0.05) is 12.1 Å². The summed E-state index contributed by atoms with van der Waals surface area (Å²) < 4.78 is 13.0. The van der Waals surface area contributed by atoms with Crippen molar-refractivity contribution < 1.29 is 4.39 Å². The van der Waals surface area contributed by atoms with Crippen LogP contribution < -0.4 is 5.32 Å². The van der Waals surface area contributed by atoms with Crippen LogP contribution in [0.15, 0.2) is 48.7 Å². The van der Waals surface area contributed by atoms with Gasteiger partial charge in [0.25, 0.3) is 0 Å². The molecule has 3 aromatic rings. The monoisotopic (exact) mass is 267 g/mol. The van der Waals surface area contributed by atoms with Crippen molar-refractivity contribution in [2.45, 2.75) is 13.5 Å². The number of rotatable bonds is 3. The minimum Gasteiger partial charge on any atom is -0.379 e. The van der Waals surface area contributed by atoms with Gasteiger partial charge in [0.1, 0.15) is 5.82 Å². The zero-order valence-corrected chi connectivity index (χ0v) is 11.1. The average molecular weight is 267 g/mol. The van der Waals surface area contributed by atoms with E-state index in [-0.39, 0.29) is 5.82 Å². The van der Waals surface area contributed by atoms with Gasteiger partial charge in [0, 0.05) is 5.69 Å². The Kier molecular flexibility index (Phi) is 3.29. The van der Waals surface area contributed by atoms with E-state index in [1.165, 1.54) is 12.1 Å². The highest BCUT2D eigenvalue weighted by Gasteiger charge is 2.02. The molecular formula is C16H14FN3. The number of nitrogens with one attached hydrogen (secondary N) is 1. The molecule has 2 aromatic carbocycles. The molecule has 0 fully saturated rings. The minimum absolute atomic E-state index is 0.224. The third kappa shape index (κ3) is 2.59. The molecule has 3 rings (SSSR count). The van der Waals surface area contributed by atoms with Gasteiger partial charge in [-0.3, -0.25) is 4.98 Å². The van der Waals surface area contributed by atoms with Crippen LogP contribution in [0.2, 0.25) is 0 Å². The van der Waals surface area contributed by atoms with Crippen molar-refractivity contribution in [3.63, 3.8) is 0 Å². The molecule has 20 heavy (non-hydrogen) atoms. The van der Waals surface area contributed by atoms with Gasteiger partial charge in [0.15, 0.2) is 0 Å². The fraction of sp³-hybridized carbons (Fsp3) is 0.125. The average Bonchev–Trinajstić information content (AvgIpc) is 2.46. The third-order valence-electron chi connectivity index (χ3n) is 3.15. The van der Waals surface area contributed by atoms with Crippen molar-refractivity contribution in [2.24, 2.45) is 0 Å². The van der Waals surface area contributed by atoms with Crippen molar-refractivity contribution in [1.82, 2.24) is 9.97 Å². The maximum atomic E-state index is 13.0. The fourth-order valence-electron chi connectivity index (χ4n) is 2.09. The molecule has 0 unspecified atom stereocenters. The van der Waals surface area contributed by atoms with Gasteiger partial charge in [-0.25, -0.2) is 9.37 Å². The van der Waals surface area contributed by atoms with Crippen LogP contribution in [0.25, 0.3) is 11.0 Å². The van der Waals surface area contributed by atoms with Gasteiger partial charge in [0.2, 0.25) is 0 Å². The lowest BCUT2D eigenvalue weighted by molar-refractivity contribution is 0.627. The maximum absolute atomic E-state index is 13.0. The molecule has 100 valence electrons. The standard InChI is InChI=1S/C16H14FN3/c1-11-8-12(17)6-7-14(11)18-9-13-10-19-15-4-2-3-5-16(15)20-13/h2-8,10,18H,9H2,1H3. The van der Waals surface area contributed by atoms with Gasteiger partial charge in [-0.15, -0.1) is 0 Å². The van der Waals surface area contributed by atoms with Gasteiger partial charge < -0.3 is 5.32 Å². The second-order valence-electron chi connectivity index (χ2n) is 4.66. The van der Waals surface area contributed by atoms with Crippen LogP contribution in [0.3, 0.4) is 0 Å². The van der Waals surface area contributed by atoms with Crippen LogP contribution in [0, 0.1) is 12.7 Å². The number of halogens is 1. The molecule has 0 aliphatic heterocycles. The lowest BCUT2D eigenvalue weighted by Gasteiger charge is -2.09. The first kappa shape index (κ1) is 12.5. The molecule has 1 N–H and O–H groups in total. The van der Waals surface area contributed by atoms with E-state index in [4.69, 9.17) is 0 Å². The first-order valence-electron chi connectivity index (χ1n) is 6.43. The quantitative estimate of drug-likeness (QED) is 0.786. The first-order chi connectivity index (χ1) is 9.72. The highest BCUT2D eigenvalue weighted by Crippen LogP contribution is 2.16. The lowest BCUT2D eigenvalue weighted by atomic mass is 10.2. The Balaban J connectivity index is 1.79. The summed E-state index contributed by atoms with van der Waals surface area (Å²) in [5.74, 6) is -0.224. The Morgan fingerprint density at radius 1 is 1.10 bits per heavy atom. The number of para-hydroxylation sites is 2. The van der Waals surface area contributed by atoms with Crippen molar-refractivity contribution in [2.75, 3.05) is 5.32 Å². The van der Waals surface area contributed by atoms with Crippen LogP contribution in [0.4, 0.5) is 10.1 Å². The molecule has 0 aliphatic carbocycles. The molecular weight excluding hydrogens is 253 g/mol. The predicted molar refractivity (Wildman–Crippen MR) is 78.0 cm³/mol. The SMILES string of the molecule is Cc1cc(F)ccc1NCc1cnc2ccccc2n1. The minimum atomic E-state index is -0.224. The number of benzene rings is 2. The summed E-state index contributed by atoms with van der Waals surface area (Å²) in [5, 5.41) is 3.25. The maximum Gasteiger partial charge on any atom is 0.123 e. The van der Waals surface area contributed by atoms with Gasteiger partial charge in [0.05, 0.1) is 29.5 Å². The molecule has 0 radical (unpaired) electrons. The molecule has 0 amide bonds. The van der Waals surface area contributed by atoms with Crippen LogP contribution in [-0.2, 0) is 6.54 Å². The summed E-state index contributed by atoms with van der Waals surface area (Å²) in [5.41, 5.74) is 4.39. The van der Waals surface area contributed by atoms with Crippen LogP contribution in [-0.4, -0.2) is 9.97 Å². The Hall–Kier alpha value is -2.49. The van der Waals surface area contributed by atoms with Crippen molar-refractivity contribution >= 4 is 16.7 Å². The Labute approximate surface area is 116 Å². The molecule has 3 nitrogen and oxygen atoms in total. The second kappa shape index (κ2) is 5.25. The first-order valence-corrected chi connectivity index (χ1v) is 6.43. The van der Waals surface area contributed by atoms with E-state index in [0.29, 0.717) is 6.54 Å². The second-order valence-corrected chi connectivity index (χ2v) is 4.66. The van der Waals surface area contributed by atoms with Crippen LogP contribution in [0.5, 0.6) is 0 Å². The van der Waals surface area contributed by atoms with Crippen LogP contribution in [0.1, 0.15) is 11.3 Å². The van der Waals surface area contributed by atoms with E-state index in [2.05, 4.69) is 15.3 Å². The van der Waals surface area contributed by atoms with E-state index in [1.807, 2.05) is 31.2 Å². The Bertz CT molecular complexity index is 756. The normalized spacial score (nSPS) is 10.7. The van der Waals surface area contributed by atoms with Crippen molar-refractivity contribution in [3.05, 3.63) is 65.7 Å². The Morgan fingerprint density at radius 2 is 1.90 bits per heavy atom. The van der Waals surface area contributed by atoms with Gasteiger partial charge >= 0.3 is 0 Å². The zero-order chi connectivity index (χ0) is 13.9. The molecule has 0 saturated heterocycles. The highest BCUT2D eigenvalue weighted by atomic mass is 19.1. The zero-order valence-electron chi connectivity index (χ0n) is 11.1. The van der Waals surface area contributed by atoms with E-state index < -0.39 is 0 Å². The molecule has 0 saturated carbocycles. The smallest absolute Gasteiger partial charge is 0.123 e. The number of nitrogens with zero attached hydrogens (tertiary/aromatic N) is 2. The lowest BCUT2D eigenvalue weighted by Crippen LogP contribution is -2.04. The van der Waals surface area contributed by atoms with Gasteiger partial charge in [-0.05, 0) is 42.8 Å². The molecule has 0 bridgehead atoms. The summed E-state index contributed by atoms with van der Waals surface area (Å²) in [7, 11) is 0. The molecule has 4 heteroatoms. The third-order valence-corrected chi connectivity index (χ3v) is 3.15. The van der Waals surface area contributed by atoms with Crippen molar-refractivity contribution in [3.8, 4) is 0 Å². The molecule has 0 atom stereocenters. The number of hydrogen-bond acceptors (Lipinski definition) is 3. The van der Waals surface area contributed by atoms with Gasteiger partial charge in [-0.2, -0.15) is 0 Å². The summed E-state index contributed by atoms with van der Waals surface area (Å²) in [6.07, 6.45) is 1.76. The summed E-state index contributed by atoms with van der Waals surface area (Å²) in [6.45, 7) is 2.43. The topological polar surface area (TPSA) is 37.8 Å². The number of hydrogen-bond donors (Lipinski definition) is 1.